The van der Waals surface area contributed by atoms with Crippen LogP contribution in [0.25, 0.3) is 0 Å². The minimum Gasteiger partial charge on any atom is -0.505 e. The Morgan fingerprint density at radius 3 is 2.24 bits per heavy atom. The summed E-state index contributed by atoms with van der Waals surface area (Å²) in [6.45, 7) is 4.10. The van der Waals surface area contributed by atoms with Crippen molar-refractivity contribution in [1.82, 2.24) is 20.1 Å². The lowest BCUT2D eigenvalue weighted by Crippen LogP contribution is -2.66. The average Bonchev–Trinajstić information content (AvgIpc) is 3.33. The van der Waals surface area contributed by atoms with Gasteiger partial charge in [0, 0.05) is 77.1 Å². The number of nitriles is 1. The molecule has 0 spiro atoms. The number of pyridine rings is 1. The number of ether oxygens (including phenoxy) is 5. The maximum absolute atomic E-state index is 15.2. The van der Waals surface area contributed by atoms with E-state index in [1.165, 1.54) is 49.4 Å². The van der Waals surface area contributed by atoms with Crippen LogP contribution in [-0.4, -0.2) is 105 Å². The normalized spacial score (nSPS) is 26.8. The minimum absolute atomic E-state index is 0. The van der Waals surface area contributed by atoms with Gasteiger partial charge in [0.25, 0.3) is 0 Å². The molecule has 3 aromatic rings. The number of nitrogens with zero attached hydrogens (tertiary/aromatic N) is 5. The van der Waals surface area contributed by atoms with Crippen molar-refractivity contribution in [2.45, 2.75) is 43.6 Å². The molecular formula is C40H55F4N7O8. The fourth-order valence-electron chi connectivity index (χ4n) is 7.67. The summed E-state index contributed by atoms with van der Waals surface area (Å²) < 4.78 is 125. The molecule has 4 N–H and O–H groups in total. The second-order valence-corrected chi connectivity index (χ2v) is 14.2. The predicted octanol–water partition coefficient (Wildman–Crippen LogP) is 5.37. The molecule has 1 aromatic heterocycles. The number of nitrogens with two attached hydrogens (primary N) is 1. The number of amides is 2. The van der Waals surface area contributed by atoms with Gasteiger partial charge < -0.3 is 44.7 Å². The Labute approximate surface area is 351 Å². The van der Waals surface area contributed by atoms with Crippen LogP contribution >= 0.6 is 0 Å². The van der Waals surface area contributed by atoms with E-state index in [2.05, 4.69) is 21.9 Å². The standard InChI is InChI=1S/C22H21F2N5O4.C17H20F2N2O4.CH4.5H2/c1-29-20(30)15-6-13(10-31-2)32-11-22(15,28-21(29)26)14-7-18(17(24)8-16(14)23)33-19-5-12(9-25)3-4-27-19;1-9-20-17(11-5-15(22)14(19)6-13(11)18)8-25-10(7-24-3)4-12(17)16(23)21(9)2;;;;;;/h3-5,7-8,13,15H,6,10-11H2,1-2H3,(H2,26,28);5-6,10,12,20,22H,1,4,7-8H2,2-3H3;1H4;5*1H/t13-,15+,22-;10-,12+,17-;;;;;;/m11....../s1/i;;;4*1+1D;1+1. The van der Waals surface area contributed by atoms with Crippen LogP contribution in [0.5, 0.6) is 17.4 Å². The van der Waals surface area contributed by atoms with Crippen LogP contribution in [0, 0.1) is 46.4 Å². The lowest BCUT2D eigenvalue weighted by Gasteiger charge is -2.52. The van der Waals surface area contributed by atoms with Gasteiger partial charge in [-0.1, -0.05) is 14.0 Å². The largest absolute Gasteiger partial charge is 0.505 e. The Hall–Kier alpha value is -5.81. The molecule has 2 aromatic carbocycles. The molecule has 59 heavy (non-hydrogen) atoms. The van der Waals surface area contributed by atoms with E-state index in [1.807, 2.05) is 6.07 Å². The number of fused-ring (bicyclic) bond motifs is 2. The van der Waals surface area contributed by atoms with Gasteiger partial charge in [0.05, 0.1) is 62.1 Å². The van der Waals surface area contributed by atoms with E-state index < -0.39 is 58.0 Å². The molecule has 7 rings (SSSR count). The van der Waals surface area contributed by atoms with Gasteiger partial charge in [0.2, 0.25) is 17.7 Å². The number of carbonyl (C=O) groups excluding carboxylic acids is 2. The molecule has 0 aliphatic carbocycles. The first-order valence-electron chi connectivity index (χ1n) is 21.9. The molecule has 0 unspecified atom stereocenters. The zero-order chi connectivity index (χ0) is 50.1. The van der Waals surface area contributed by atoms with E-state index in [0.29, 0.717) is 18.7 Å². The number of phenols is 1. The highest BCUT2D eigenvalue weighted by atomic mass is 19.1. The average molecular weight is 847 g/mol. The summed E-state index contributed by atoms with van der Waals surface area (Å²) >= 11 is 0. The number of hydrogen-bond donors (Lipinski definition) is 3. The van der Waals surface area contributed by atoms with E-state index in [1.54, 1.807) is 7.05 Å². The van der Waals surface area contributed by atoms with Gasteiger partial charge in [0.1, 0.15) is 28.5 Å². The third kappa shape index (κ3) is 8.26. The fourth-order valence-corrected chi connectivity index (χ4v) is 7.67. The zero-order valence-corrected chi connectivity index (χ0v) is 31.9. The molecule has 0 saturated carbocycles. The quantitative estimate of drug-likeness (QED) is 0.246. The van der Waals surface area contributed by atoms with Crippen LogP contribution < -0.4 is 15.8 Å². The number of aromatic hydroxyl groups is 1. The third-order valence-electron chi connectivity index (χ3n) is 10.7. The number of methoxy groups -OCH3 is 2. The first-order chi connectivity index (χ1) is 31.6. The van der Waals surface area contributed by atoms with Gasteiger partial charge >= 0.3 is 0 Å². The number of phenolic OH excluding ortho intramolecular Hbond substituents is 1. The second kappa shape index (κ2) is 17.6. The van der Waals surface area contributed by atoms with Crippen molar-refractivity contribution in [1.29, 1.82) is 5.26 Å². The van der Waals surface area contributed by atoms with Crippen molar-refractivity contribution >= 4 is 17.8 Å². The lowest BCUT2D eigenvalue weighted by atomic mass is 9.71. The molecule has 0 radical (unpaired) electrons. The van der Waals surface area contributed by atoms with E-state index in [4.69, 9.17) is 46.6 Å². The Kier molecular flexibility index (Phi) is 11.5. The molecular weight excluding hydrogens is 782 g/mol. The molecule has 6 atom stereocenters. The first kappa shape index (κ1) is 38.7. The number of hydrogen-bond acceptors (Lipinski definition) is 13. The first-order valence-corrected chi connectivity index (χ1v) is 17.9. The molecule has 326 valence electrons. The van der Waals surface area contributed by atoms with Crippen molar-refractivity contribution in [2.24, 2.45) is 22.6 Å². The van der Waals surface area contributed by atoms with Crippen molar-refractivity contribution in [3.05, 3.63) is 95.0 Å². The van der Waals surface area contributed by atoms with Gasteiger partial charge in [-0.15, -0.1) is 0 Å². The summed E-state index contributed by atoms with van der Waals surface area (Å²) in [5, 5.41) is 21.8. The smallest absolute Gasteiger partial charge is 0.235 e. The summed E-state index contributed by atoms with van der Waals surface area (Å²) in [7, 11) is 6.09. The van der Waals surface area contributed by atoms with E-state index in [-0.39, 0.29) is 99.5 Å². The van der Waals surface area contributed by atoms with Crippen molar-refractivity contribution in [3.8, 4) is 23.4 Å². The highest BCUT2D eigenvalue weighted by Gasteiger charge is 2.56. The monoisotopic (exact) mass is 846 g/mol. The number of aromatic nitrogens is 1. The maximum atomic E-state index is 15.2. The van der Waals surface area contributed by atoms with Crippen molar-refractivity contribution < 1.29 is 69.2 Å². The Morgan fingerprint density at radius 1 is 0.966 bits per heavy atom. The molecule has 5 heterocycles. The summed E-state index contributed by atoms with van der Waals surface area (Å²) in [6, 6.07) is 8.09. The topological polar surface area (TPSA) is 194 Å². The Bertz CT molecular complexity index is 2230. The van der Waals surface area contributed by atoms with Gasteiger partial charge in [-0.25, -0.2) is 27.5 Å². The molecule has 4 aliphatic rings. The van der Waals surface area contributed by atoms with Gasteiger partial charge in [-0.3, -0.25) is 14.5 Å². The third-order valence-corrected chi connectivity index (χ3v) is 10.7. The molecule has 19 heteroatoms. The molecule has 15 nitrogen and oxygen atoms in total. The van der Waals surface area contributed by atoms with Crippen LogP contribution in [-0.2, 0) is 39.6 Å². The van der Waals surface area contributed by atoms with Crippen LogP contribution in [0.1, 0.15) is 50.3 Å². The number of guanidine groups is 1. The zero-order valence-electron chi connectivity index (χ0n) is 39.9. The van der Waals surface area contributed by atoms with Gasteiger partial charge in [0.15, 0.2) is 29.1 Å². The number of carbonyl (C=O) groups is 2. The number of aliphatic imine (C=N–C) groups is 1. The van der Waals surface area contributed by atoms with E-state index in [9.17, 15) is 27.9 Å². The van der Waals surface area contributed by atoms with Crippen molar-refractivity contribution in [3.63, 3.8) is 0 Å². The minimum atomic E-state index is -1.52. The van der Waals surface area contributed by atoms with Crippen LogP contribution in [0.15, 0.2) is 60.0 Å². The predicted molar refractivity (Wildman–Crippen MR) is 213 cm³/mol. The fraction of sp³-hybridized carbons (Fsp3) is 0.425. The summed E-state index contributed by atoms with van der Waals surface area (Å²) in [6.07, 6.45) is 1.08. The van der Waals surface area contributed by atoms with Crippen LogP contribution in [0.3, 0.4) is 0 Å². The summed E-state index contributed by atoms with van der Waals surface area (Å²) in [5.74, 6) is -6.90. The SMILES string of the molecule is C.C=C1N[C@@]2(c3cc(O)c(F)cc3F)CO[C@@H](COC)C[C@H]2C(=O)N1C.COC[C@H]1C[C@H]2C(=O)N(C)C(N)=N[C@@]2(c2cc(Oc3cc(C#N)ccn3)c(F)cc2F)CO1.[2HH].[2H][2H].[2H][2H].[2H][2H].[2H][2H]. The van der Waals surface area contributed by atoms with Gasteiger partial charge in [-0.05, 0) is 31.0 Å². The van der Waals surface area contributed by atoms with E-state index >= 15 is 4.39 Å². The van der Waals surface area contributed by atoms with Crippen LogP contribution in [0.2, 0.25) is 0 Å². The molecule has 4 aliphatic heterocycles. The molecule has 3 saturated heterocycles. The Balaban J connectivity index is 0.00000115. The maximum Gasteiger partial charge on any atom is 0.235 e. The summed E-state index contributed by atoms with van der Waals surface area (Å²) in [4.78, 5) is 36.9. The molecule has 3 fully saturated rings. The Morgan fingerprint density at radius 2 is 1.58 bits per heavy atom. The highest BCUT2D eigenvalue weighted by Crippen LogP contribution is 2.47. The highest BCUT2D eigenvalue weighted by molar-refractivity contribution is 6.00. The molecule has 2 amide bonds. The molecule has 0 bridgehead atoms. The number of nitrogens with one attached hydrogen (secondary N) is 1. The lowest BCUT2D eigenvalue weighted by molar-refractivity contribution is -0.157. The second-order valence-electron chi connectivity index (χ2n) is 14.2. The summed E-state index contributed by atoms with van der Waals surface area (Å²) in [5.41, 5.74) is 3.30. The van der Waals surface area contributed by atoms with E-state index in [0.717, 1.165) is 12.1 Å². The van der Waals surface area contributed by atoms with Gasteiger partial charge in [-0.2, -0.15) is 5.26 Å². The van der Waals surface area contributed by atoms with Crippen LogP contribution in [0.4, 0.5) is 17.6 Å². The number of benzene rings is 2. The number of halogens is 4. The number of rotatable bonds is 8. The van der Waals surface area contributed by atoms with Crippen molar-refractivity contribution in [2.75, 3.05) is 54.7 Å².